The molecule has 1 aliphatic carbocycles. The van der Waals surface area contributed by atoms with Crippen LogP contribution >= 0.6 is 0 Å². The van der Waals surface area contributed by atoms with Crippen LogP contribution in [0.3, 0.4) is 0 Å². The van der Waals surface area contributed by atoms with E-state index in [4.69, 9.17) is 10.5 Å². The first-order valence-electron chi connectivity index (χ1n) is 5.11. The molecule has 12 heavy (non-hydrogen) atoms. The predicted octanol–water partition coefficient (Wildman–Crippen LogP) is 1.93. The zero-order chi connectivity index (χ0) is 8.86. The molecule has 1 fully saturated rings. The van der Waals surface area contributed by atoms with E-state index in [2.05, 4.69) is 0 Å². The fourth-order valence-corrected chi connectivity index (χ4v) is 1.93. The van der Waals surface area contributed by atoms with Gasteiger partial charge in [-0.05, 0) is 44.6 Å². The largest absolute Gasteiger partial charge is 0.382 e. The normalized spacial score (nSPS) is 20.5. The molecular formula is C10H21NO. The van der Waals surface area contributed by atoms with E-state index < -0.39 is 0 Å². The van der Waals surface area contributed by atoms with Crippen molar-refractivity contribution in [3.05, 3.63) is 0 Å². The molecule has 0 saturated heterocycles. The second kappa shape index (κ2) is 4.83. The molecule has 2 heteroatoms. The summed E-state index contributed by atoms with van der Waals surface area (Å²) < 4.78 is 5.30. The van der Waals surface area contributed by atoms with E-state index in [9.17, 15) is 0 Å². The van der Waals surface area contributed by atoms with Gasteiger partial charge in [0.2, 0.25) is 0 Å². The molecule has 0 amide bonds. The Morgan fingerprint density at radius 1 is 1.42 bits per heavy atom. The molecule has 0 aliphatic heterocycles. The van der Waals surface area contributed by atoms with E-state index in [0.717, 1.165) is 19.8 Å². The Bertz CT molecular complexity index is 115. The summed E-state index contributed by atoms with van der Waals surface area (Å²) in [4.78, 5) is 0. The lowest BCUT2D eigenvalue weighted by Gasteiger charge is -2.41. The third-order valence-corrected chi connectivity index (χ3v) is 3.05. The van der Waals surface area contributed by atoms with E-state index in [1.807, 2.05) is 6.92 Å². The summed E-state index contributed by atoms with van der Waals surface area (Å²) in [6, 6.07) is 0. The van der Waals surface area contributed by atoms with Gasteiger partial charge in [0.15, 0.2) is 0 Å². The summed E-state index contributed by atoms with van der Waals surface area (Å²) in [6.07, 6.45) is 6.52. The summed E-state index contributed by atoms with van der Waals surface area (Å²) in [7, 11) is 0. The molecule has 2 N–H and O–H groups in total. The van der Waals surface area contributed by atoms with E-state index >= 15 is 0 Å². The van der Waals surface area contributed by atoms with Crippen molar-refractivity contribution in [2.24, 2.45) is 11.1 Å². The van der Waals surface area contributed by atoms with Crippen LogP contribution in [0.2, 0.25) is 0 Å². The van der Waals surface area contributed by atoms with Gasteiger partial charge in [-0.25, -0.2) is 0 Å². The Balaban J connectivity index is 2.04. The fourth-order valence-electron chi connectivity index (χ4n) is 1.93. The van der Waals surface area contributed by atoms with Gasteiger partial charge in [-0.15, -0.1) is 0 Å². The maximum Gasteiger partial charge on any atom is 0.0466 e. The second-order valence-corrected chi connectivity index (χ2v) is 3.86. The van der Waals surface area contributed by atoms with Gasteiger partial charge < -0.3 is 10.5 Å². The highest BCUT2D eigenvalue weighted by Gasteiger charge is 2.34. The molecule has 72 valence electrons. The van der Waals surface area contributed by atoms with Gasteiger partial charge in [-0.3, -0.25) is 0 Å². The first kappa shape index (κ1) is 10.0. The SMILES string of the molecule is CCOCCCC1(CN)CCC1. The topological polar surface area (TPSA) is 35.2 Å². The lowest BCUT2D eigenvalue weighted by Crippen LogP contribution is -2.37. The molecule has 0 heterocycles. The minimum atomic E-state index is 0.511. The third-order valence-electron chi connectivity index (χ3n) is 3.05. The molecule has 2 nitrogen and oxygen atoms in total. The first-order chi connectivity index (χ1) is 5.83. The summed E-state index contributed by atoms with van der Waals surface area (Å²) in [5.74, 6) is 0. The summed E-state index contributed by atoms with van der Waals surface area (Å²) in [5, 5.41) is 0. The van der Waals surface area contributed by atoms with Crippen molar-refractivity contribution < 1.29 is 4.74 Å². The summed E-state index contributed by atoms with van der Waals surface area (Å²) >= 11 is 0. The zero-order valence-corrected chi connectivity index (χ0v) is 8.14. The number of rotatable bonds is 6. The molecule has 1 aliphatic rings. The lowest BCUT2D eigenvalue weighted by atomic mass is 9.66. The maximum atomic E-state index is 5.74. The molecule has 0 radical (unpaired) electrons. The molecule has 0 unspecified atom stereocenters. The van der Waals surface area contributed by atoms with Crippen LogP contribution < -0.4 is 5.73 Å². The highest BCUT2D eigenvalue weighted by molar-refractivity contribution is 4.88. The highest BCUT2D eigenvalue weighted by atomic mass is 16.5. The van der Waals surface area contributed by atoms with Crippen LogP contribution in [0.5, 0.6) is 0 Å². The van der Waals surface area contributed by atoms with Crippen LogP contribution in [0.1, 0.15) is 39.0 Å². The molecular weight excluding hydrogens is 150 g/mol. The fraction of sp³-hybridized carbons (Fsp3) is 1.00. The predicted molar refractivity (Wildman–Crippen MR) is 51.1 cm³/mol. The van der Waals surface area contributed by atoms with Crippen molar-refractivity contribution in [2.45, 2.75) is 39.0 Å². The Hall–Kier alpha value is -0.0800. The van der Waals surface area contributed by atoms with Crippen molar-refractivity contribution in [1.29, 1.82) is 0 Å². The molecule has 0 bridgehead atoms. The van der Waals surface area contributed by atoms with Gasteiger partial charge in [-0.1, -0.05) is 6.42 Å². The minimum Gasteiger partial charge on any atom is -0.382 e. The van der Waals surface area contributed by atoms with Crippen molar-refractivity contribution in [3.63, 3.8) is 0 Å². The quantitative estimate of drug-likeness (QED) is 0.620. The third kappa shape index (κ3) is 2.46. The Morgan fingerprint density at radius 2 is 2.17 bits per heavy atom. The van der Waals surface area contributed by atoms with Crippen LogP contribution in [0.15, 0.2) is 0 Å². The van der Waals surface area contributed by atoms with Crippen LogP contribution in [0.4, 0.5) is 0 Å². The van der Waals surface area contributed by atoms with Crippen molar-refractivity contribution in [2.75, 3.05) is 19.8 Å². The monoisotopic (exact) mass is 171 g/mol. The zero-order valence-electron chi connectivity index (χ0n) is 8.14. The van der Waals surface area contributed by atoms with Gasteiger partial charge in [0.1, 0.15) is 0 Å². The Labute approximate surface area is 75.5 Å². The Morgan fingerprint density at radius 3 is 2.58 bits per heavy atom. The van der Waals surface area contributed by atoms with Crippen LogP contribution in [-0.2, 0) is 4.74 Å². The van der Waals surface area contributed by atoms with Crippen LogP contribution in [0, 0.1) is 5.41 Å². The molecule has 1 saturated carbocycles. The van der Waals surface area contributed by atoms with Gasteiger partial charge in [0, 0.05) is 13.2 Å². The van der Waals surface area contributed by atoms with E-state index in [1.165, 1.54) is 32.1 Å². The van der Waals surface area contributed by atoms with Gasteiger partial charge in [0.25, 0.3) is 0 Å². The van der Waals surface area contributed by atoms with Gasteiger partial charge >= 0.3 is 0 Å². The summed E-state index contributed by atoms with van der Waals surface area (Å²) in [6.45, 7) is 4.68. The smallest absolute Gasteiger partial charge is 0.0466 e. The number of nitrogens with two attached hydrogens (primary N) is 1. The van der Waals surface area contributed by atoms with Crippen molar-refractivity contribution in [3.8, 4) is 0 Å². The highest BCUT2D eigenvalue weighted by Crippen LogP contribution is 2.43. The van der Waals surface area contributed by atoms with E-state index in [-0.39, 0.29) is 0 Å². The van der Waals surface area contributed by atoms with Gasteiger partial charge in [0.05, 0.1) is 0 Å². The van der Waals surface area contributed by atoms with E-state index in [1.54, 1.807) is 0 Å². The molecule has 0 aromatic rings. The Kier molecular flexibility index (Phi) is 4.02. The minimum absolute atomic E-state index is 0.511. The maximum absolute atomic E-state index is 5.74. The average Bonchev–Trinajstić information content (AvgIpc) is 2.02. The van der Waals surface area contributed by atoms with Crippen LogP contribution in [0.25, 0.3) is 0 Å². The first-order valence-corrected chi connectivity index (χ1v) is 5.11. The van der Waals surface area contributed by atoms with Crippen molar-refractivity contribution >= 4 is 0 Å². The molecule has 0 aromatic heterocycles. The number of hydrogen-bond donors (Lipinski definition) is 1. The molecule has 0 aromatic carbocycles. The standard InChI is InChI=1S/C10H21NO/c1-2-12-8-4-7-10(9-11)5-3-6-10/h2-9,11H2,1H3. The number of ether oxygens (including phenoxy) is 1. The van der Waals surface area contributed by atoms with Gasteiger partial charge in [-0.2, -0.15) is 0 Å². The second-order valence-electron chi connectivity index (χ2n) is 3.86. The summed E-state index contributed by atoms with van der Waals surface area (Å²) in [5.41, 5.74) is 6.25. The number of hydrogen-bond acceptors (Lipinski definition) is 2. The molecule has 1 rings (SSSR count). The van der Waals surface area contributed by atoms with Crippen molar-refractivity contribution in [1.82, 2.24) is 0 Å². The van der Waals surface area contributed by atoms with E-state index in [0.29, 0.717) is 5.41 Å². The average molecular weight is 171 g/mol. The molecule has 0 atom stereocenters. The lowest BCUT2D eigenvalue weighted by molar-refractivity contribution is 0.0914. The van der Waals surface area contributed by atoms with Crippen LogP contribution in [-0.4, -0.2) is 19.8 Å². The molecule has 0 spiro atoms.